The second-order valence-corrected chi connectivity index (χ2v) is 4.63. The number of hydrogen-bond acceptors (Lipinski definition) is 4. The van der Waals surface area contributed by atoms with Gasteiger partial charge in [0.1, 0.15) is 11.6 Å². The summed E-state index contributed by atoms with van der Waals surface area (Å²) in [5, 5.41) is 10.2. The SMILES string of the molecule is CCCC/C(O)=C(/C(=O)OCC)N(C)c1ccccc1F. The van der Waals surface area contributed by atoms with Gasteiger partial charge in [0.2, 0.25) is 0 Å². The van der Waals surface area contributed by atoms with Crippen molar-refractivity contribution in [3.63, 3.8) is 0 Å². The predicted octanol–water partition coefficient (Wildman–Crippen LogP) is 3.78. The molecule has 0 bridgehead atoms. The van der Waals surface area contributed by atoms with Crippen molar-refractivity contribution in [2.45, 2.75) is 33.1 Å². The van der Waals surface area contributed by atoms with Crippen molar-refractivity contribution in [1.82, 2.24) is 0 Å². The fraction of sp³-hybridized carbons (Fsp3) is 0.438. The Balaban J connectivity index is 3.17. The van der Waals surface area contributed by atoms with Crippen LogP contribution in [0.1, 0.15) is 33.1 Å². The number of halogens is 1. The second-order valence-electron chi connectivity index (χ2n) is 4.63. The molecule has 0 radical (unpaired) electrons. The number of anilines is 1. The second kappa shape index (κ2) is 8.29. The van der Waals surface area contributed by atoms with E-state index in [9.17, 15) is 14.3 Å². The summed E-state index contributed by atoms with van der Waals surface area (Å²) in [6.07, 6.45) is 1.97. The molecule has 0 aliphatic carbocycles. The highest BCUT2D eigenvalue weighted by molar-refractivity contribution is 5.93. The number of unbranched alkanes of at least 4 members (excludes halogenated alkanes) is 1. The molecule has 5 heteroatoms. The molecule has 0 fully saturated rings. The van der Waals surface area contributed by atoms with Crippen LogP contribution in [0.4, 0.5) is 10.1 Å². The molecule has 0 saturated heterocycles. The first-order chi connectivity index (χ1) is 10.0. The number of benzene rings is 1. The zero-order chi connectivity index (χ0) is 15.8. The van der Waals surface area contributed by atoms with Gasteiger partial charge in [0.05, 0.1) is 12.3 Å². The Morgan fingerprint density at radius 3 is 2.57 bits per heavy atom. The van der Waals surface area contributed by atoms with E-state index in [-0.39, 0.29) is 23.8 Å². The first kappa shape index (κ1) is 17.0. The van der Waals surface area contributed by atoms with Gasteiger partial charge < -0.3 is 14.7 Å². The smallest absolute Gasteiger partial charge is 0.358 e. The number of carbonyl (C=O) groups excluding carboxylic acids is 1. The van der Waals surface area contributed by atoms with Crippen LogP contribution in [-0.4, -0.2) is 24.7 Å². The first-order valence-corrected chi connectivity index (χ1v) is 7.10. The summed E-state index contributed by atoms with van der Waals surface area (Å²) in [7, 11) is 1.53. The lowest BCUT2D eigenvalue weighted by molar-refractivity contribution is -0.138. The monoisotopic (exact) mass is 295 g/mol. The lowest BCUT2D eigenvalue weighted by Gasteiger charge is -2.23. The Morgan fingerprint density at radius 2 is 2.00 bits per heavy atom. The summed E-state index contributed by atoms with van der Waals surface area (Å²) in [6, 6.07) is 6.08. The van der Waals surface area contributed by atoms with Gasteiger partial charge in [-0.25, -0.2) is 9.18 Å². The summed E-state index contributed by atoms with van der Waals surface area (Å²) in [5.41, 5.74) is 0.194. The molecule has 0 amide bonds. The number of hydrogen-bond donors (Lipinski definition) is 1. The van der Waals surface area contributed by atoms with Crippen LogP contribution < -0.4 is 4.90 Å². The molecule has 0 atom stereocenters. The molecule has 0 heterocycles. The highest BCUT2D eigenvalue weighted by Gasteiger charge is 2.23. The average molecular weight is 295 g/mol. The highest BCUT2D eigenvalue weighted by atomic mass is 19.1. The fourth-order valence-corrected chi connectivity index (χ4v) is 1.95. The van der Waals surface area contributed by atoms with Crippen molar-refractivity contribution in [3.05, 3.63) is 41.5 Å². The van der Waals surface area contributed by atoms with Crippen LogP contribution in [0.5, 0.6) is 0 Å². The topological polar surface area (TPSA) is 49.8 Å². The molecule has 1 rings (SSSR count). The summed E-state index contributed by atoms with van der Waals surface area (Å²) in [4.78, 5) is 13.4. The van der Waals surface area contributed by atoms with E-state index >= 15 is 0 Å². The number of rotatable bonds is 7. The normalized spacial score (nSPS) is 11.8. The van der Waals surface area contributed by atoms with Crippen molar-refractivity contribution < 1.29 is 19.0 Å². The molecule has 0 saturated carbocycles. The maximum absolute atomic E-state index is 13.9. The number of aliphatic hydroxyl groups is 1. The minimum Gasteiger partial charge on any atom is -0.510 e. The van der Waals surface area contributed by atoms with Crippen molar-refractivity contribution in [2.24, 2.45) is 0 Å². The molecule has 1 aromatic rings. The zero-order valence-corrected chi connectivity index (χ0v) is 12.7. The van der Waals surface area contributed by atoms with Gasteiger partial charge >= 0.3 is 5.97 Å². The van der Waals surface area contributed by atoms with Crippen molar-refractivity contribution >= 4 is 11.7 Å². The predicted molar refractivity (Wildman–Crippen MR) is 80.6 cm³/mol. The third kappa shape index (κ3) is 4.48. The Morgan fingerprint density at radius 1 is 1.33 bits per heavy atom. The first-order valence-electron chi connectivity index (χ1n) is 7.10. The molecule has 4 nitrogen and oxygen atoms in total. The van der Waals surface area contributed by atoms with Crippen molar-refractivity contribution in [2.75, 3.05) is 18.6 Å². The van der Waals surface area contributed by atoms with Gasteiger partial charge in [0.15, 0.2) is 5.70 Å². The molecule has 0 aliphatic heterocycles. The van der Waals surface area contributed by atoms with Gasteiger partial charge in [0.25, 0.3) is 0 Å². The lowest BCUT2D eigenvalue weighted by atomic mass is 10.1. The molecular weight excluding hydrogens is 273 g/mol. The van der Waals surface area contributed by atoms with Gasteiger partial charge in [-0.15, -0.1) is 0 Å². The molecule has 0 aromatic heterocycles. The van der Waals surface area contributed by atoms with E-state index in [2.05, 4.69) is 0 Å². The van der Waals surface area contributed by atoms with Crippen LogP contribution in [-0.2, 0) is 9.53 Å². The van der Waals surface area contributed by atoms with Crippen LogP contribution >= 0.6 is 0 Å². The number of esters is 1. The minimum atomic E-state index is -0.656. The van der Waals surface area contributed by atoms with Crippen LogP contribution in [0.2, 0.25) is 0 Å². The van der Waals surface area contributed by atoms with Gasteiger partial charge in [-0.1, -0.05) is 25.5 Å². The Hall–Kier alpha value is -2.04. The van der Waals surface area contributed by atoms with E-state index in [0.29, 0.717) is 6.42 Å². The van der Waals surface area contributed by atoms with Gasteiger partial charge in [0, 0.05) is 13.5 Å². The lowest BCUT2D eigenvalue weighted by Crippen LogP contribution is -2.27. The molecule has 0 unspecified atom stereocenters. The number of para-hydroxylation sites is 1. The van der Waals surface area contributed by atoms with Crippen LogP contribution in [0.25, 0.3) is 0 Å². The summed E-state index contributed by atoms with van der Waals surface area (Å²) >= 11 is 0. The zero-order valence-electron chi connectivity index (χ0n) is 12.7. The number of likely N-dealkylation sites (N-methyl/N-ethyl adjacent to an activating group) is 1. The molecule has 1 aromatic carbocycles. The maximum atomic E-state index is 13.9. The van der Waals surface area contributed by atoms with Crippen LogP contribution in [0.15, 0.2) is 35.7 Å². The third-order valence-corrected chi connectivity index (χ3v) is 3.06. The van der Waals surface area contributed by atoms with E-state index in [1.807, 2.05) is 6.92 Å². The highest BCUT2D eigenvalue weighted by Crippen LogP contribution is 2.24. The number of allylic oxidation sites excluding steroid dienone is 1. The number of ether oxygens (including phenoxy) is 1. The Kier molecular flexibility index (Phi) is 6.72. The molecular formula is C16H22FNO3. The maximum Gasteiger partial charge on any atom is 0.358 e. The van der Waals surface area contributed by atoms with Crippen LogP contribution in [0, 0.1) is 5.82 Å². The van der Waals surface area contributed by atoms with Crippen molar-refractivity contribution in [3.8, 4) is 0 Å². The largest absolute Gasteiger partial charge is 0.510 e. The molecule has 0 aliphatic rings. The van der Waals surface area contributed by atoms with E-state index in [4.69, 9.17) is 4.74 Å². The Bertz CT molecular complexity index is 514. The summed E-state index contributed by atoms with van der Waals surface area (Å²) in [5.74, 6) is -1.21. The minimum absolute atomic E-state index is 0.0181. The summed E-state index contributed by atoms with van der Waals surface area (Å²) in [6.45, 7) is 3.86. The van der Waals surface area contributed by atoms with E-state index in [1.54, 1.807) is 25.1 Å². The van der Waals surface area contributed by atoms with E-state index < -0.39 is 11.8 Å². The number of aliphatic hydroxyl groups excluding tert-OH is 1. The molecule has 1 N–H and O–H groups in total. The quantitative estimate of drug-likeness (QED) is 0.472. The average Bonchev–Trinajstić information content (AvgIpc) is 2.46. The third-order valence-electron chi connectivity index (χ3n) is 3.06. The summed E-state index contributed by atoms with van der Waals surface area (Å²) < 4.78 is 18.8. The number of carbonyl (C=O) groups is 1. The molecule has 21 heavy (non-hydrogen) atoms. The fourth-order valence-electron chi connectivity index (χ4n) is 1.95. The molecule has 0 spiro atoms. The van der Waals surface area contributed by atoms with E-state index in [0.717, 1.165) is 12.8 Å². The number of nitrogens with zero attached hydrogens (tertiary/aromatic N) is 1. The standard InChI is InChI=1S/C16H22FNO3/c1-4-6-11-14(19)15(16(20)21-5-2)18(3)13-10-8-7-9-12(13)17/h7-10,19H,4-6,11H2,1-3H3/b15-14+. The van der Waals surface area contributed by atoms with Crippen LogP contribution in [0.3, 0.4) is 0 Å². The van der Waals surface area contributed by atoms with Gasteiger partial charge in [-0.05, 0) is 25.5 Å². The Labute approximate surface area is 124 Å². The van der Waals surface area contributed by atoms with E-state index in [1.165, 1.54) is 18.0 Å². The van der Waals surface area contributed by atoms with Gasteiger partial charge in [-0.3, -0.25) is 0 Å². The van der Waals surface area contributed by atoms with Crippen molar-refractivity contribution in [1.29, 1.82) is 0 Å². The molecule has 116 valence electrons. The van der Waals surface area contributed by atoms with Gasteiger partial charge in [-0.2, -0.15) is 0 Å².